The van der Waals surface area contributed by atoms with Crippen LogP contribution < -0.4 is 5.32 Å². The number of carbonyl (C=O) groups is 1. The SMILES string of the molecule is CS(=O)(=O)c1cccc(C(=O)c2cnc(N[C@H](CO)c3ccccc3)s2)c1. The van der Waals surface area contributed by atoms with Crippen LogP contribution >= 0.6 is 11.3 Å². The standard InChI is InChI=1S/C19H18N2O4S2/c1-27(24,25)15-9-5-8-14(10-15)18(23)17-11-20-19(26-17)21-16(12-22)13-6-3-2-4-7-13/h2-11,16,22H,12H2,1H3,(H,20,21)/t16-/m1/s1. The smallest absolute Gasteiger partial charge is 0.204 e. The average molecular weight is 402 g/mol. The third-order valence-electron chi connectivity index (χ3n) is 3.94. The van der Waals surface area contributed by atoms with Gasteiger partial charge in [0.25, 0.3) is 0 Å². The van der Waals surface area contributed by atoms with E-state index < -0.39 is 9.84 Å². The number of nitrogens with zero attached hydrogens (tertiary/aromatic N) is 1. The van der Waals surface area contributed by atoms with Gasteiger partial charge in [0, 0.05) is 11.8 Å². The van der Waals surface area contributed by atoms with Gasteiger partial charge in [-0.25, -0.2) is 13.4 Å². The summed E-state index contributed by atoms with van der Waals surface area (Å²) in [6, 6.07) is 15.0. The molecule has 140 valence electrons. The molecule has 1 aromatic heterocycles. The maximum absolute atomic E-state index is 12.7. The molecule has 3 aromatic rings. The summed E-state index contributed by atoms with van der Waals surface area (Å²) in [7, 11) is -3.39. The first-order valence-corrected chi connectivity index (χ1v) is 10.8. The number of thiazole rings is 1. The highest BCUT2D eigenvalue weighted by molar-refractivity contribution is 7.90. The molecule has 0 amide bonds. The van der Waals surface area contributed by atoms with E-state index in [9.17, 15) is 18.3 Å². The van der Waals surface area contributed by atoms with Gasteiger partial charge in [0.2, 0.25) is 5.78 Å². The van der Waals surface area contributed by atoms with E-state index in [1.165, 1.54) is 18.3 Å². The number of hydrogen-bond acceptors (Lipinski definition) is 7. The third kappa shape index (κ3) is 4.60. The average Bonchev–Trinajstić information content (AvgIpc) is 3.14. The van der Waals surface area contributed by atoms with E-state index in [0.717, 1.165) is 23.2 Å². The molecule has 3 rings (SSSR count). The highest BCUT2D eigenvalue weighted by Gasteiger charge is 2.17. The van der Waals surface area contributed by atoms with Gasteiger partial charge in [-0.2, -0.15) is 0 Å². The van der Waals surface area contributed by atoms with Crippen molar-refractivity contribution in [3.05, 3.63) is 76.8 Å². The number of anilines is 1. The molecule has 0 radical (unpaired) electrons. The first-order valence-electron chi connectivity index (χ1n) is 8.11. The minimum atomic E-state index is -3.39. The summed E-state index contributed by atoms with van der Waals surface area (Å²) in [4.78, 5) is 17.3. The molecule has 2 aromatic carbocycles. The molecule has 0 saturated heterocycles. The Labute approximate surface area is 161 Å². The Bertz CT molecular complexity index is 1050. The van der Waals surface area contributed by atoms with Gasteiger partial charge in [-0.3, -0.25) is 4.79 Å². The second-order valence-corrected chi connectivity index (χ2v) is 9.00. The summed E-state index contributed by atoms with van der Waals surface area (Å²) in [5, 5.41) is 13.2. The summed E-state index contributed by atoms with van der Waals surface area (Å²) in [5.74, 6) is -0.300. The Morgan fingerprint density at radius 2 is 1.93 bits per heavy atom. The number of sulfone groups is 1. The first-order chi connectivity index (χ1) is 12.9. The summed E-state index contributed by atoms with van der Waals surface area (Å²) in [6.07, 6.45) is 2.55. The fourth-order valence-corrected chi connectivity index (χ4v) is 4.02. The van der Waals surface area contributed by atoms with Crippen LogP contribution in [-0.4, -0.2) is 37.2 Å². The van der Waals surface area contributed by atoms with Crippen LogP contribution in [-0.2, 0) is 9.84 Å². The fraction of sp³-hybridized carbons (Fsp3) is 0.158. The van der Waals surface area contributed by atoms with Gasteiger partial charge in [-0.05, 0) is 17.7 Å². The van der Waals surface area contributed by atoms with Gasteiger partial charge in [0.1, 0.15) is 0 Å². The molecule has 6 nitrogen and oxygen atoms in total. The molecule has 27 heavy (non-hydrogen) atoms. The Morgan fingerprint density at radius 3 is 2.59 bits per heavy atom. The van der Waals surface area contributed by atoms with Crippen molar-refractivity contribution in [3.8, 4) is 0 Å². The second-order valence-electron chi connectivity index (χ2n) is 5.95. The van der Waals surface area contributed by atoms with Crippen LogP contribution in [0.25, 0.3) is 0 Å². The fourth-order valence-electron chi connectivity index (χ4n) is 2.52. The van der Waals surface area contributed by atoms with Crippen LogP contribution in [0.15, 0.2) is 65.7 Å². The van der Waals surface area contributed by atoms with Crippen molar-refractivity contribution in [1.29, 1.82) is 0 Å². The van der Waals surface area contributed by atoms with Crippen molar-refractivity contribution in [2.24, 2.45) is 0 Å². The molecule has 0 spiro atoms. The van der Waals surface area contributed by atoms with Gasteiger partial charge >= 0.3 is 0 Å². The summed E-state index contributed by atoms with van der Waals surface area (Å²) < 4.78 is 23.4. The van der Waals surface area contributed by atoms with E-state index >= 15 is 0 Å². The van der Waals surface area contributed by atoms with Crippen LogP contribution in [0, 0.1) is 0 Å². The Hall–Kier alpha value is -2.55. The Balaban J connectivity index is 1.80. The van der Waals surface area contributed by atoms with Crippen molar-refractivity contribution in [3.63, 3.8) is 0 Å². The van der Waals surface area contributed by atoms with Crippen LogP contribution in [0.2, 0.25) is 0 Å². The maximum Gasteiger partial charge on any atom is 0.204 e. The zero-order chi connectivity index (χ0) is 19.4. The molecule has 0 aliphatic carbocycles. The van der Waals surface area contributed by atoms with Crippen molar-refractivity contribution in [2.75, 3.05) is 18.2 Å². The van der Waals surface area contributed by atoms with E-state index in [2.05, 4.69) is 10.3 Å². The van der Waals surface area contributed by atoms with E-state index in [1.807, 2.05) is 30.3 Å². The number of carbonyl (C=O) groups excluding carboxylic acids is 1. The summed E-state index contributed by atoms with van der Waals surface area (Å²) >= 11 is 1.16. The molecular weight excluding hydrogens is 384 g/mol. The van der Waals surface area contributed by atoms with E-state index in [0.29, 0.717) is 10.0 Å². The number of hydrogen-bond donors (Lipinski definition) is 2. The van der Waals surface area contributed by atoms with E-state index in [1.54, 1.807) is 12.1 Å². The number of benzene rings is 2. The zero-order valence-electron chi connectivity index (χ0n) is 14.5. The number of ketones is 1. The lowest BCUT2D eigenvalue weighted by Crippen LogP contribution is -2.14. The van der Waals surface area contributed by atoms with Crippen LogP contribution in [0.3, 0.4) is 0 Å². The molecule has 0 fully saturated rings. The number of aliphatic hydroxyl groups excluding tert-OH is 1. The molecule has 0 saturated carbocycles. The normalized spacial score (nSPS) is 12.5. The predicted molar refractivity (Wildman–Crippen MR) is 105 cm³/mol. The number of nitrogens with one attached hydrogen (secondary N) is 1. The highest BCUT2D eigenvalue weighted by Crippen LogP contribution is 2.26. The highest BCUT2D eigenvalue weighted by atomic mass is 32.2. The van der Waals surface area contributed by atoms with E-state index in [-0.39, 0.29) is 28.9 Å². The predicted octanol–water partition coefficient (Wildman–Crippen LogP) is 2.92. The summed E-state index contributed by atoms with van der Waals surface area (Å²) in [5.41, 5.74) is 1.19. The topological polar surface area (TPSA) is 96.4 Å². The van der Waals surface area contributed by atoms with Gasteiger partial charge in [0.15, 0.2) is 15.0 Å². The molecule has 1 atom stereocenters. The van der Waals surface area contributed by atoms with Crippen LogP contribution in [0.5, 0.6) is 0 Å². The lowest BCUT2D eigenvalue weighted by Gasteiger charge is -2.15. The molecular formula is C19H18N2O4S2. The van der Waals surface area contributed by atoms with Crippen LogP contribution in [0.1, 0.15) is 26.8 Å². The summed E-state index contributed by atoms with van der Waals surface area (Å²) in [6.45, 7) is -0.122. The van der Waals surface area contributed by atoms with Gasteiger partial charge in [-0.15, -0.1) is 0 Å². The third-order valence-corrected chi connectivity index (χ3v) is 5.97. The quantitative estimate of drug-likeness (QED) is 0.590. The molecule has 8 heteroatoms. The lowest BCUT2D eigenvalue weighted by atomic mass is 10.1. The molecule has 1 heterocycles. The molecule has 0 bridgehead atoms. The second kappa shape index (κ2) is 7.99. The Kier molecular flexibility index (Phi) is 5.69. The minimum absolute atomic E-state index is 0.0978. The molecule has 0 aliphatic heterocycles. The lowest BCUT2D eigenvalue weighted by molar-refractivity contribution is 0.104. The monoisotopic (exact) mass is 402 g/mol. The van der Waals surface area contributed by atoms with Crippen molar-refractivity contribution < 1.29 is 18.3 Å². The molecule has 0 aliphatic rings. The van der Waals surface area contributed by atoms with Crippen LogP contribution in [0.4, 0.5) is 5.13 Å². The molecule has 2 N–H and O–H groups in total. The number of aliphatic hydroxyl groups is 1. The van der Waals surface area contributed by atoms with E-state index in [4.69, 9.17) is 0 Å². The van der Waals surface area contributed by atoms with Gasteiger partial charge < -0.3 is 10.4 Å². The largest absolute Gasteiger partial charge is 0.394 e. The number of aromatic nitrogens is 1. The van der Waals surface area contributed by atoms with Crippen molar-refractivity contribution in [2.45, 2.75) is 10.9 Å². The van der Waals surface area contributed by atoms with Gasteiger partial charge in [0.05, 0.1) is 28.6 Å². The molecule has 0 unspecified atom stereocenters. The maximum atomic E-state index is 12.7. The number of rotatable bonds is 7. The van der Waals surface area contributed by atoms with Gasteiger partial charge in [-0.1, -0.05) is 53.8 Å². The minimum Gasteiger partial charge on any atom is -0.394 e. The zero-order valence-corrected chi connectivity index (χ0v) is 16.1. The van der Waals surface area contributed by atoms with Crippen molar-refractivity contribution in [1.82, 2.24) is 4.98 Å². The van der Waals surface area contributed by atoms with Crippen molar-refractivity contribution >= 4 is 32.1 Å². The first kappa shape index (κ1) is 19.2. The Morgan fingerprint density at radius 1 is 1.19 bits per heavy atom.